The molecule has 1 aliphatic heterocycles. The highest BCUT2D eigenvalue weighted by Gasteiger charge is 2.35. The summed E-state index contributed by atoms with van der Waals surface area (Å²) in [4.78, 5) is 10.1. The van der Waals surface area contributed by atoms with Crippen LogP contribution in [0.25, 0.3) is 0 Å². The minimum atomic E-state index is -3.97. The lowest BCUT2D eigenvalue weighted by molar-refractivity contribution is -0.385. The van der Waals surface area contributed by atoms with Gasteiger partial charge in [-0.25, -0.2) is 12.8 Å². The quantitative estimate of drug-likeness (QED) is 0.613. The van der Waals surface area contributed by atoms with Crippen LogP contribution in [-0.2, 0) is 14.8 Å². The smallest absolute Gasteiger partial charge is 0.270 e. The van der Waals surface area contributed by atoms with Crippen LogP contribution in [0.15, 0.2) is 53.4 Å². The maximum Gasteiger partial charge on any atom is 0.270 e. The number of morpholine rings is 1. The minimum Gasteiger partial charge on any atom is -0.378 e. The van der Waals surface area contributed by atoms with Gasteiger partial charge in [0.2, 0.25) is 10.0 Å². The first-order valence-electron chi connectivity index (χ1n) is 7.49. The lowest BCUT2D eigenvalue weighted by Gasteiger charge is -2.34. The summed E-state index contributed by atoms with van der Waals surface area (Å²) in [6, 6.07) is 9.80. The van der Waals surface area contributed by atoms with Gasteiger partial charge >= 0.3 is 0 Å². The Kier molecular flexibility index (Phi) is 4.80. The molecule has 0 radical (unpaired) electrons. The zero-order valence-electron chi connectivity index (χ0n) is 13.0. The Labute approximate surface area is 143 Å². The van der Waals surface area contributed by atoms with Gasteiger partial charge in [-0.2, -0.15) is 4.31 Å². The molecule has 0 spiro atoms. The van der Waals surface area contributed by atoms with Gasteiger partial charge in [0.25, 0.3) is 5.69 Å². The van der Waals surface area contributed by atoms with E-state index >= 15 is 0 Å². The zero-order valence-corrected chi connectivity index (χ0v) is 13.9. The van der Waals surface area contributed by atoms with E-state index in [1.807, 2.05) is 0 Å². The largest absolute Gasteiger partial charge is 0.378 e. The molecular weight excluding hydrogens is 351 g/mol. The number of nitrogens with zero attached hydrogens (tertiary/aromatic N) is 2. The molecule has 2 aromatic rings. The number of hydrogen-bond acceptors (Lipinski definition) is 5. The van der Waals surface area contributed by atoms with E-state index < -0.39 is 26.8 Å². The minimum absolute atomic E-state index is 0.104. The molecule has 1 aliphatic rings. The lowest BCUT2D eigenvalue weighted by atomic mass is 10.1. The molecule has 3 rings (SSSR count). The molecule has 132 valence electrons. The van der Waals surface area contributed by atoms with E-state index in [9.17, 15) is 22.9 Å². The average Bonchev–Trinajstić information content (AvgIpc) is 2.62. The molecule has 25 heavy (non-hydrogen) atoms. The van der Waals surface area contributed by atoms with Crippen molar-refractivity contribution in [1.29, 1.82) is 0 Å². The van der Waals surface area contributed by atoms with Crippen LogP contribution < -0.4 is 0 Å². The first kappa shape index (κ1) is 17.5. The fourth-order valence-corrected chi connectivity index (χ4v) is 4.34. The van der Waals surface area contributed by atoms with Crippen molar-refractivity contribution in [3.63, 3.8) is 0 Å². The Hall–Kier alpha value is -2.36. The number of ether oxygens (including phenoxy) is 1. The molecule has 1 unspecified atom stereocenters. The van der Waals surface area contributed by atoms with Crippen molar-refractivity contribution < 1.29 is 22.5 Å². The SMILES string of the molecule is O=[N+]([O-])c1cccc(S(=O)(=O)N2CCOCC2c2ccc(F)cc2)c1. The third kappa shape index (κ3) is 3.53. The molecule has 2 aromatic carbocycles. The van der Waals surface area contributed by atoms with Gasteiger partial charge in [0.15, 0.2) is 0 Å². The number of hydrogen-bond donors (Lipinski definition) is 0. The molecule has 9 heteroatoms. The molecule has 0 aliphatic carbocycles. The molecule has 0 bridgehead atoms. The predicted molar refractivity (Wildman–Crippen MR) is 86.9 cm³/mol. The van der Waals surface area contributed by atoms with Gasteiger partial charge in [-0.3, -0.25) is 10.1 Å². The van der Waals surface area contributed by atoms with E-state index in [0.29, 0.717) is 5.56 Å². The van der Waals surface area contributed by atoms with Gasteiger partial charge in [-0.1, -0.05) is 18.2 Å². The Morgan fingerprint density at radius 2 is 1.92 bits per heavy atom. The van der Waals surface area contributed by atoms with Gasteiger partial charge in [0.1, 0.15) is 5.82 Å². The van der Waals surface area contributed by atoms with Crippen LogP contribution in [0.5, 0.6) is 0 Å². The summed E-state index contributed by atoms with van der Waals surface area (Å²) in [5, 5.41) is 10.9. The molecular formula is C16H15FN2O5S. The summed E-state index contributed by atoms with van der Waals surface area (Å²) < 4.78 is 45.7. The first-order chi connectivity index (χ1) is 11.9. The number of non-ortho nitro benzene ring substituents is 1. The van der Waals surface area contributed by atoms with Crippen LogP contribution in [-0.4, -0.2) is 37.4 Å². The Morgan fingerprint density at radius 3 is 2.60 bits per heavy atom. The zero-order chi connectivity index (χ0) is 18.0. The van der Waals surface area contributed by atoms with Crippen molar-refractivity contribution in [2.24, 2.45) is 0 Å². The Bertz CT molecular complexity index is 886. The highest BCUT2D eigenvalue weighted by atomic mass is 32.2. The fraction of sp³-hybridized carbons (Fsp3) is 0.250. The maximum absolute atomic E-state index is 13.1. The van der Waals surface area contributed by atoms with Crippen molar-refractivity contribution in [3.8, 4) is 0 Å². The van der Waals surface area contributed by atoms with Crippen LogP contribution in [0.1, 0.15) is 11.6 Å². The van der Waals surface area contributed by atoms with E-state index in [1.165, 1.54) is 46.8 Å². The third-order valence-corrected chi connectivity index (χ3v) is 5.87. The van der Waals surface area contributed by atoms with Crippen molar-refractivity contribution >= 4 is 15.7 Å². The fourth-order valence-electron chi connectivity index (χ4n) is 2.72. The van der Waals surface area contributed by atoms with Crippen LogP contribution in [0.4, 0.5) is 10.1 Å². The molecule has 0 saturated carbocycles. The van der Waals surface area contributed by atoms with Gasteiger partial charge in [0.05, 0.1) is 29.1 Å². The van der Waals surface area contributed by atoms with Gasteiger partial charge in [0, 0.05) is 18.7 Å². The normalized spacial score (nSPS) is 18.8. The highest BCUT2D eigenvalue weighted by Crippen LogP contribution is 2.31. The van der Waals surface area contributed by atoms with E-state index in [0.717, 1.165) is 6.07 Å². The monoisotopic (exact) mass is 366 g/mol. The number of rotatable bonds is 4. The number of sulfonamides is 1. The summed E-state index contributed by atoms with van der Waals surface area (Å²) in [6.07, 6.45) is 0. The number of nitro groups is 1. The van der Waals surface area contributed by atoms with E-state index in [2.05, 4.69) is 0 Å². The second-order valence-electron chi connectivity index (χ2n) is 5.51. The molecule has 7 nitrogen and oxygen atoms in total. The van der Waals surface area contributed by atoms with Crippen LogP contribution in [0.3, 0.4) is 0 Å². The van der Waals surface area contributed by atoms with Crippen molar-refractivity contribution in [2.75, 3.05) is 19.8 Å². The summed E-state index contributed by atoms with van der Waals surface area (Å²) in [5.41, 5.74) is 0.294. The molecule has 0 aromatic heterocycles. The summed E-state index contributed by atoms with van der Waals surface area (Å²) in [5.74, 6) is -0.423. The summed E-state index contributed by atoms with van der Waals surface area (Å²) in [7, 11) is -3.97. The average molecular weight is 366 g/mol. The number of halogens is 1. The molecule has 1 fully saturated rings. The van der Waals surface area contributed by atoms with Gasteiger partial charge in [-0.15, -0.1) is 0 Å². The van der Waals surface area contributed by atoms with Crippen LogP contribution >= 0.6 is 0 Å². The third-order valence-electron chi connectivity index (χ3n) is 3.97. The molecule has 0 amide bonds. The summed E-state index contributed by atoms with van der Waals surface area (Å²) >= 11 is 0. The number of benzene rings is 2. The van der Waals surface area contributed by atoms with Gasteiger partial charge < -0.3 is 4.74 Å². The topological polar surface area (TPSA) is 89.8 Å². The summed E-state index contributed by atoms with van der Waals surface area (Å²) in [6.45, 7) is 0.443. The van der Waals surface area contributed by atoms with E-state index in [-0.39, 0.29) is 30.3 Å². The van der Waals surface area contributed by atoms with Crippen molar-refractivity contribution in [3.05, 3.63) is 70.0 Å². The van der Waals surface area contributed by atoms with Crippen molar-refractivity contribution in [1.82, 2.24) is 4.31 Å². The lowest BCUT2D eigenvalue weighted by Crippen LogP contribution is -2.43. The van der Waals surface area contributed by atoms with E-state index in [1.54, 1.807) is 0 Å². The van der Waals surface area contributed by atoms with Crippen molar-refractivity contribution in [2.45, 2.75) is 10.9 Å². The second kappa shape index (κ2) is 6.87. The maximum atomic E-state index is 13.1. The van der Waals surface area contributed by atoms with Crippen LogP contribution in [0, 0.1) is 15.9 Å². The molecule has 1 saturated heterocycles. The van der Waals surface area contributed by atoms with E-state index in [4.69, 9.17) is 4.74 Å². The molecule has 1 atom stereocenters. The highest BCUT2D eigenvalue weighted by molar-refractivity contribution is 7.89. The van der Waals surface area contributed by atoms with Crippen LogP contribution in [0.2, 0.25) is 0 Å². The standard InChI is InChI=1S/C16H15FN2O5S/c17-13-6-4-12(5-7-13)16-11-24-9-8-18(16)25(22,23)15-3-1-2-14(10-15)19(20)21/h1-7,10,16H,8-9,11H2. The predicted octanol–water partition coefficient (Wildman–Crippen LogP) is 2.50. The Morgan fingerprint density at radius 1 is 1.20 bits per heavy atom. The molecule has 0 N–H and O–H groups in total. The molecule has 1 heterocycles. The Balaban J connectivity index is 2.00. The second-order valence-corrected chi connectivity index (χ2v) is 7.40. The number of nitro benzene ring substituents is 1. The first-order valence-corrected chi connectivity index (χ1v) is 8.93. The van der Waals surface area contributed by atoms with Gasteiger partial charge in [-0.05, 0) is 23.8 Å².